The standard InChI is InChI=1S/C46H51B3O8/c1-41(2)42(3,4)53-47(52-41)25-22-32-15-16-33(23-26-48-54-43(5,6)44(7,8)55-48)39-28-31(14-19-36(32)39)30-51-40-21-17-34-29-35(50-13)18-20-37(34)38(40)24-27-49-56-45(9,10)46(11,12)57-49/h14-21,28-29H,30H2,1-13H3. The molecule has 3 aliphatic heterocycles. The molecule has 0 bridgehead atoms. The number of rotatable bonds is 4. The molecule has 3 aliphatic rings. The van der Waals surface area contributed by atoms with Crippen molar-refractivity contribution in [1.29, 1.82) is 0 Å². The molecular formula is C46H51B3O8. The molecule has 0 amide bonds. The van der Waals surface area contributed by atoms with Gasteiger partial charge >= 0.3 is 21.4 Å². The van der Waals surface area contributed by atoms with E-state index in [1.165, 1.54) is 0 Å². The van der Waals surface area contributed by atoms with Gasteiger partial charge in [0.25, 0.3) is 0 Å². The first-order valence-corrected chi connectivity index (χ1v) is 19.5. The molecule has 57 heavy (non-hydrogen) atoms. The summed E-state index contributed by atoms with van der Waals surface area (Å²) < 4.78 is 49.2. The highest BCUT2D eigenvalue weighted by atomic mass is 16.7. The number of hydrogen-bond acceptors (Lipinski definition) is 8. The third-order valence-corrected chi connectivity index (χ3v) is 12.4. The molecule has 0 atom stereocenters. The Hall–Kier alpha value is -4.37. The minimum absolute atomic E-state index is 0.274. The highest BCUT2D eigenvalue weighted by Crippen LogP contribution is 2.39. The molecule has 0 saturated carbocycles. The Kier molecular flexibility index (Phi) is 10.4. The van der Waals surface area contributed by atoms with Crippen LogP contribution < -0.4 is 9.47 Å². The molecule has 3 saturated heterocycles. The summed E-state index contributed by atoms with van der Waals surface area (Å²) in [6, 6.07) is 20.1. The predicted molar refractivity (Wildman–Crippen MR) is 228 cm³/mol. The molecule has 4 aromatic rings. The molecule has 0 spiro atoms. The molecule has 0 N–H and O–H groups in total. The summed E-state index contributed by atoms with van der Waals surface area (Å²) in [5.74, 6) is 21.1. The zero-order valence-corrected chi connectivity index (χ0v) is 35.5. The molecule has 0 radical (unpaired) electrons. The minimum atomic E-state index is -0.685. The normalized spacial score (nSPS) is 20.7. The van der Waals surface area contributed by atoms with Gasteiger partial charge in [-0.15, -0.1) is 0 Å². The van der Waals surface area contributed by atoms with E-state index in [4.69, 9.17) is 37.4 Å². The van der Waals surface area contributed by atoms with Crippen molar-refractivity contribution in [3.8, 4) is 46.7 Å². The first kappa shape index (κ1) is 40.8. The van der Waals surface area contributed by atoms with Crippen LogP contribution in [0.1, 0.15) is 105 Å². The SMILES string of the molecule is COc1ccc2c(C#CB3OC(C)(C)C(C)(C)O3)c(OCc3ccc4c(C#CB5OC(C)(C)C(C)(C)O5)ccc(C#CB5OC(C)(C)C(C)(C)O5)c4c3)ccc2c1. The first-order valence-electron chi connectivity index (χ1n) is 19.5. The van der Waals surface area contributed by atoms with Crippen molar-refractivity contribution in [2.24, 2.45) is 0 Å². The van der Waals surface area contributed by atoms with Gasteiger partial charge in [0.2, 0.25) is 0 Å². The van der Waals surface area contributed by atoms with Gasteiger partial charge in [-0.1, -0.05) is 53.4 Å². The van der Waals surface area contributed by atoms with E-state index < -0.39 is 55.0 Å². The van der Waals surface area contributed by atoms with E-state index in [1.807, 2.05) is 126 Å². The fourth-order valence-corrected chi connectivity index (χ4v) is 6.64. The second kappa shape index (κ2) is 14.5. The number of ether oxygens (including phenoxy) is 2. The molecule has 0 unspecified atom stereocenters. The van der Waals surface area contributed by atoms with Gasteiger partial charge in [0.15, 0.2) is 0 Å². The van der Waals surface area contributed by atoms with Crippen LogP contribution in [-0.2, 0) is 34.5 Å². The molecule has 292 valence electrons. The quantitative estimate of drug-likeness (QED) is 0.151. The summed E-state index contributed by atoms with van der Waals surface area (Å²) in [6.07, 6.45) is 0. The lowest BCUT2D eigenvalue weighted by Gasteiger charge is -2.32. The van der Waals surface area contributed by atoms with Crippen molar-refractivity contribution in [2.45, 2.75) is 123 Å². The van der Waals surface area contributed by atoms with Crippen molar-refractivity contribution >= 4 is 42.9 Å². The van der Waals surface area contributed by atoms with Gasteiger partial charge in [0.05, 0.1) is 46.3 Å². The van der Waals surface area contributed by atoms with E-state index in [0.29, 0.717) is 5.75 Å². The van der Waals surface area contributed by atoms with Crippen molar-refractivity contribution < 1.29 is 37.4 Å². The van der Waals surface area contributed by atoms with E-state index in [1.54, 1.807) is 7.11 Å². The fraction of sp³-hybridized carbons (Fsp3) is 0.435. The van der Waals surface area contributed by atoms with Crippen LogP contribution >= 0.6 is 0 Å². The van der Waals surface area contributed by atoms with E-state index in [-0.39, 0.29) is 6.61 Å². The van der Waals surface area contributed by atoms with Crippen LogP contribution in [0.2, 0.25) is 0 Å². The molecular weight excluding hydrogens is 713 g/mol. The maximum atomic E-state index is 6.59. The number of benzene rings is 4. The second-order valence-corrected chi connectivity index (χ2v) is 17.9. The van der Waals surface area contributed by atoms with Crippen LogP contribution in [0, 0.1) is 35.2 Å². The summed E-state index contributed by atoms with van der Waals surface area (Å²) in [7, 11) is -0.337. The molecule has 0 aromatic heterocycles. The van der Waals surface area contributed by atoms with E-state index in [2.05, 4.69) is 53.4 Å². The number of methoxy groups -OCH3 is 1. The molecule has 0 aliphatic carbocycles. The Bertz CT molecular complexity index is 2390. The van der Waals surface area contributed by atoms with E-state index in [0.717, 1.165) is 49.5 Å². The average molecular weight is 764 g/mol. The Morgan fingerprint density at radius 1 is 0.491 bits per heavy atom. The van der Waals surface area contributed by atoms with Gasteiger partial charge in [-0.3, -0.25) is 0 Å². The van der Waals surface area contributed by atoms with Crippen molar-refractivity contribution in [1.82, 2.24) is 0 Å². The third kappa shape index (κ3) is 7.93. The number of fused-ring (bicyclic) bond motifs is 2. The smallest absolute Gasteiger partial charge is 0.497 e. The van der Waals surface area contributed by atoms with Crippen LogP contribution in [0.3, 0.4) is 0 Å². The van der Waals surface area contributed by atoms with Crippen LogP contribution in [0.15, 0.2) is 60.7 Å². The topological polar surface area (TPSA) is 73.8 Å². The largest absolute Gasteiger partial charge is 0.551 e. The van der Waals surface area contributed by atoms with Crippen LogP contribution in [0.5, 0.6) is 11.5 Å². The zero-order chi connectivity index (χ0) is 41.2. The Labute approximate surface area is 339 Å². The lowest BCUT2D eigenvalue weighted by molar-refractivity contribution is 0.00578. The van der Waals surface area contributed by atoms with E-state index >= 15 is 0 Å². The van der Waals surface area contributed by atoms with Gasteiger partial charge in [-0.2, -0.15) is 0 Å². The lowest BCUT2D eigenvalue weighted by atomic mass is 9.89. The molecule has 7 rings (SSSR count). The summed E-state index contributed by atoms with van der Waals surface area (Å²) in [6.45, 7) is 24.5. The van der Waals surface area contributed by atoms with Crippen LogP contribution in [0.4, 0.5) is 0 Å². The van der Waals surface area contributed by atoms with Crippen molar-refractivity contribution in [3.05, 3.63) is 82.9 Å². The molecule has 8 nitrogen and oxygen atoms in total. The summed E-state index contributed by atoms with van der Waals surface area (Å²) in [4.78, 5) is 0. The Morgan fingerprint density at radius 2 is 0.947 bits per heavy atom. The second-order valence-electron chi connectivity index (χ2n) is 17.9. The summed E-state index contributed by atoms with van der Waals surface area (Å²) in [5.41, 5.74) is 0.378. The fourth-order valence-electron chi connectivity index (χ4n) is 6.64. The highest BCUT2D eigenvalue weighted by molar-refractivity contribution is 6.56. The average Bonchev–Trinajstić information content (AvgIpc) is 3.58. The predicted octanol–water partition coefficient (Wildman–Crippen LogP) is 8.53. The first-order chi connectivity index (χ1) is 26.6. The third-order valence-electron chi connectivity index (χ3n) is 12.4. The maximum absolute atomic E-state index is 6.59. The lowest BCUT2D eigenvalue weighted by Crippen LogP contribution is -2.41. The zero-order valence-electron chi connectivity index (χ0n) is 35.5. The molecule has 3 fully saturated rings. The number of hydrogen-bond donors (Lipinski definition) is 0. The Morgan fingerprint density at radius 3 is 1.44 bits per heavy atom. The van der Waals surface area contributed by atoms with Crippen molar-refractivity contribution in [2.75, 3.05) is 7.11 Å². The van der Waals surface area contributed by atoms with Gasteiger partial charge in [0, 0.05) is 16.5 Å². The Balaban J connectivity index is 1.23. The minimum Gasteiger partial charge on any atom is -0.497 e. The van der Waals surface area contributed by atoms with Gasteiger partial charge in [-0.05, 0) is 147 Å². The van der Waals surface area contributed by atoms with Gasteiger partial charge < -0.3 is 37.4 Å². The van der Waals surface area contributed by atoms with E-state index in [9.17, 15) is 0 Å². The van der Waals surface area contributed by atoms with Gasteiger partial charge in [0.1, 0.15) is 18.1 Å². The highest BCUT2D eigenvalue weighted by Gasteiger charge is 2.52. The van der Waals surface area contributed by atoms with Crippen molar-refractivity contribution in [3.63, 3.8) is 0 Å². The van der Waals surface area contributed by atoms with Crippen LogP contribution in [0.25, 0.3) is 21.5 Å². The monoisotopic (exact) mass is 764 g/mol. The maximum Gasteiger partial charge on any atom is 0.551 e. The molecule has 11 heteroatoms. The molecule has 4 aromatic carbocycles. The van der Waals surface area contributed by atoms with Gasteiger partial charge in [-0.25, -0.2) is 0 Å². The summed E-state index contributed by atoms with van der Waals surface area (Å²) >= 11 is 0. The van der Waals surface area contributed by atoms with Crippen LogP contribution in [-0.4, -0.2) is 62.1 Å². The summed E-state index contributed by atoms with van der Waals surface area (Å²) in [5, 5.41) is 3.77. The molecule has 3 heterocycles.